The summed E-state index contributed by atoms with van der Waals surface area (Å²) in [6, 6.07) is 6.54. The Morgan fingerprint density at radius 2 is 1.91 bits per heavy atom. The summed E-state index contributed by atoms with van der Waals surface area (Å²) in [4.78, 5) is 0.139. The summed E-state index contributed by atoms with van der Waals surface area (Å²) in [7, 11) is -3.80. The van der Waals surface area contributed by atoms with E-state index in [4.69, 9.17) is 5.73 Å². The zero-order valence-corrected chi connectivity index (χ0v) is 13.4. The fraction of sp³-hybridized carbons (Fsp3) is 0.467. The van der Waals surface area contributed by atoms with Crippen molar-refractivity contribution < 1.29 is 8.42 Å². The number of hydrogen-bond acceptors (Lipinski definition) is 3. The van der Waals surface area contributed by atoms with Crippen LogP contribution in [0.4, 0.5) is 0 Å². The highest BCUT2D eigenvalue weighted by molar-refractivity contribution is 7.90. The van der Waals surface area contributed by atoms with Crippen molar-refractivity contribution in [2.45, 2.75) is 37.5 Å². The number of aryl methyl sites for hydroxylation is 1. The first kappa shape index (κ1) is 15.0. The zero-order chi connectivity index (χ0) is 15.8. The number of nitrogens with two attached hydrogens (primary N) is 1. The summed E-state index contributed by atoms with van der Waals surface area (Å²) in [5.74, 6) is -0.0689. The van der Waals surface area contributed by atoms with Crippen molar-refractivity contribution in [3.8, 4) is 0 Å². The van der Waals surface area contributed by atoms with Gasteiger partial charge in [-0.15, -0.1) is 4.40 Å². The third-order valence-electron chi connectivity index (χ3n) is 4.33. The molecule has 1 fully saturated rings. The summed E-state index contributed by atoms with van der Waals surface area (Å²) >= 11 is 0. The van der Waals surface area contributed by atoms with Gasteiger partial charge in [0.1, 0.15) is 0 Å². The van der Waals surface area contributed by atoms with Crippen molar-refractivity contribution in [1.82, 2.24) is 5.01 Å². The zero-order valence-electron chi connectivity index (χ0n) is 12.6. The van der Waals surface area contributed by atoms with E-state index in [0.29, 0.717) is 6.54 Å². The lowest BCUT2D eigenvalue weighted by atomic mass is 9.89. The number of hydrogen-bond donors (Lipinski definition) is 1. The molecule has 0 unspecified atom stereocenters. The van der Waals surface area contributed by atoms with Crippen molar-refractivity contribution in [3.05, 3.63) is 29.8 Å². The molecule has 1 saturated carbocycles. The van der Waals surface area contributed by atoms with Crippen LogP contribution in [0.2, 0.25) is 0 Å². The van der Waals surface area contributed by atoms with E-state index in [1.807, 2.05) is 13.1 Å². The number of sulfonamides is 1. The maximum Gasteiger partial charge on any atom is 0.285 e. The Labute approximate surface area is 130 Å². The van der Waals surface area contributed by atoms with Gasteiger partial charge in [0.05, 0.1) is 11.4 Å². The van der Waals surface area contributed by atoms with Crippen LogP contribution >= 0.6 is 0 Å². The van der Waals surface area contributed by atoms with Crippen LogP contribution in [0.25, 0.3) is 0 Å². The van der Waals surface area contributed by atoms with Gasteiger partial charge in [0.25, 0.3) is 10.0 Å². The van der Waals surface area contributed by atoms with E-state index < -0.39 is 10.0 Å². The van der Waals surface area contributed by atoms with Crippen LogP contribution in [0.1, 0.15) is 31.2 Å². The second-order valence-corrected chi connectivity index (χ2v) is 7.71. The molecular weight excluding hydrogens is 300 g/mol. The van der Waals surface area contributed by atoms with E-state index in [1.165, 1.54) is 30.0 Å². The van der Waals surface area contributed by atoms with Gasteiger partial charge in [-0.05, 0) is 31.9 Å². The van der Waals surface area contributed by atoms with Crippen molar-refractivity contribution >= 4 is 22.2 Å². The molecule has 0 amide bonds. The summed E-state index contributed by atoms with van der Waals surface area (Å²) in [6.45, 7) is 2.51. The van der Waals surface area contributed by atoms with E-state index in [1.54, 1.807) is 12.1 Å². The molecular formula is C15H20N4O2S. The van der Waals surface area contributed by atoms with Crippen molar-refractivity contribution in [3.63, 3.8) is 0 Å². The van der Waals surface area contributed by atoms with Crippen LogP contribution in [0, 0.1) is 12.3 Å². The molecule has 2 aliphatic rings. The molecule has 0 saturated heterocycles. The smallest absolute Gasteiger partial charge is 0.285 e. The fourth-order valence-corrected chi connectivity index (χ4v) is 3.94. The minimum absolute atomic E-state index is 0.0494. The number of guanidine groups is 1. The molecule has 0 bridgehead atoms. The second-order valence-electron chi connectivity index (χ2n) is 6.11. The molecule has 2 N–H and O–H groups in total. The van der Waals surface area contributed by atoms with Gasteiger partial charge in [-0.3, -0.25) is 0 Å². The number of benzene rings is 1. The molecule has 1 aliphatic carbocycles. The highest BCUT2D eigenvalue weighted by Gasteiger charge is 2.39. The monoisotopic (exact) mass is 320 g/mol. The first-order chi connectivity index (χ1) is 10.4. The molecule has 3 rings (SSSR count). The molecule has 118 valence electrons. The quantitative estimate of drug-likeness (QED) is 0.665. The summed E-state index contributed by atoms with van der Waals surface area (Å²) in [5, 5.41) is 5.75. The number of hydrazone groups is 1. The number of rotatable bonds is 2. The third kappa shape index (κ3) is 2.85. The third-order valence-corrected chi connectivity index (χ3v) is 5.63. The second kappa shape index (κ2) is 5.39. The highest BCUT2D eigenvalue weighted by Crippen LogP contribution is 2.39. The first-order valence-corrected chi connectivity index (χ1v) is 8.84. The Balaban J connectivity index is 1.79. The van der Waals surface area contributed by atoms with Gasteiger partial charge in [0.2, 0.25) is 5.96 Å². The molecule has 1 heterocycles. The van der Waals surface area contributed by atoms with Gasteiger partial charge >= 0.3 is 0 Å². The first-order valence-electron chi connectivity index (χ1n) is 7.40. The van der Waals surface area contributed by atoms with E-state index in [-0.39, 0.29) is 16.3 Å². The molecule has 1 spiro atoms. The molecule has 0 atom stereocenters. The molecule has 22 heavy (non-hydrogen) atoms. The molecule has 7 heteroatoms. The fourth-order valence-electron chi connectivity index (χ4n) is 3.01. The average molecular weight is 320 g/mol. The minimum atomic E-state index is -3.80. The van der Waals surface area contributed by atoms with Gasteiger partial charge in [-0.25, -0.2) is 5.01 Å². The Kier molecular flexibility index (Phi) is 3.68. The lowest BCUT2D eigenvalue weighted by molar-refractivity contribution is 0.345. The molecule has 0 radical (unpaired) electrons. The maximum atomic E-state index is 12.3. The van der Waals surface area contributed by atoms with Crippen LogP contribution in [0.5, 0.6) is 0 Å². The Morgan fingerprint density at radius 1 is 1.27 bits per heavy atom. The van der Waals surface area contributed by atoms with Crippen molar-refractivity contribution in [2.75, 3.05) is 6.54 Å². The van der Waals surface area contributed by atoms with E-state index in [2.05, 4.69) is 9.50 Å². The standard InChI is InChI=1S/C15H20N4O2S/c1-12-4-6-13(7-5-12)22(20,21)18-14(16)19-11-15(10-17-19)8-2-3-9-15/h4-7,10H,2-3,8-9,11H2,1H3,(H2,16,18). The van der Waals surface area contributed by atoms with Gasteiger partial charge < -0.3 is 5.73 Å². The van der Waals surface area contributed by atoms with Crippen LogP contribution in [0.3, 0.4) is 0 Å². The lowest BCUT2D eigenvalue weighted by Crippen LogP contribution is -2.36. The Bertz CT molecular complexity index is 716. The molecule has 0 aromatic heterocycles. The van der Waals surface area contributed by atoms with Crippen LogP contribution < -0.4 is 5.73 Å². The van der Waals surface area contributed by atoms with Crippen LogP contribution in [-0.4, -0.2) is 32.1 Å². The SMILES string of the molecule is Cc1ccc(S(=O)(=O)/N=C(\N)N2CC3(C=N2)CCCC3)cc1. The summed E-state index contributed by atoms with van der Waals surface area (Å²) < 4.78 is 28.3. The predicted molar refractivity (Wildman–Crippen MR) is 86.1 cm³/mol. The summed E-state index contributed by atoms with van der Waals surface area (Å²) in [6.07, 6.45) is 6.41. The molecule has 1 aromatic carbocycles. The Morgan fingerprint density at radius 3 is 2.55 bits per heavy atom. The predicted octanol–water partition coefficient (Wildman–Crippen LogP) is 1.86. The minimum Gasteiger partial charge on any atom is -0.367 e. The molecule has 1 aromatic rings. The Hall–Kier alpha value is -1.89. The van der Waals surface area contributed by atoms with Crippen LogP contribution in [0.15, 0.2) is 38.7 Å². The van der Waals surface area contributed by atoms with Crippen molar-refractivity contribution in [2.24, 2.45) is 20.6 Å². The highest BCUT2D eigenvalue weighted by atomic mass is 32.2. The molecule has 1 aliphatic heterocycles. The van der Waals surface area contributed by atoms with E-state index >= 15 is 0 Å². The molecule has 6 nitrogen and oxygen atoms in total. The van der Waals surface area contributed by atoms with E-state index in [0.717, 1.165) is 18.4 Å². The number of nitrogens with zero attached hydrogens (tertiary/aromatic N) is 3. The normalized spacial score (nSPS) is 21.0. The van der Waals surface area contributed by atoms with Crippen LogP contribution in [-0.2, 0) is 10.0 Å². The lowest BCUT2D eigenvalue weighted by Gasteiger charge is -2.21. The largest absolute Gasteiger partial charge is 0.367 e. The van der Waals surface area contributed by atoms with Gasteiger partial charge in [-0.1, -0.05) is 30.5 Å². The van der Waals surface area contributed by atoms with Gasteiger partial charge in [0, 0.05) is 11.6 Å². The van der Waals surface area contributed by atoms with Gasteiger partial charge in [0.15, 0.2) is 0 Å². The van der Waals surface area contributed by atoms with Gasteiger partial charge in [-0.2, -0.15) is 13.5 Å². The average Bonchev–Trinajstić information content (AvgIpc) is 3.10. The van der Waals surface area contributed by atoms with E-state index in [9.17, 15) is 8.42 Å². The van der Waals surface area contributed by atoms with Crippen molar-refractivity contribution in [1.29, 1.82) is 0 Å². The summed E-state index contributed by atoms with van der Waals surface area (Å²) in [5.41, 5.74) is 6.90. The maximum absolute atomic E-state index is 12.3. The topological polar surface area (TPSA) is 88.1 Å².